The molecule has 0 amide bonds. The molecule has 1 saturated carbocycles. The molecule has 2 atom stereocenters. The minimum atomic E-state index is 1.05. The Morgan fingerprint density at radius 2 is 1.42 bits per heavy atom. The molecule has 2 aliphatic rings. The van der Waals surface area contributed by atoms with E-state index in [1.165, 1.54) is 38.8 Å². The van der Waals surface area contributed by atoms with Crippen molar-refractivity contribution < 1.29 is 0 Å². The van der Waals surface area contributed by atoms with Gasteiger partial charge in [0.1, 0.15) is 0 Å². The summed E-state index contributed by atoms with van der Waals surface area (Å²) in [7, 11) is 3.75. The Bertz CT molecular complexity index is 102. The first-order valence-electron chi connectivity index (χ1n) is 5.17. The first-order valence-corrected chi connectivity index (χ1v) is 5.17. The molecule has 0 spiro atoms. The Hall–Kier alpha value is -0.0800. The smallest absolute Gasteiger partial charge is 0.00173 e. The van der Waals surface area contributed by atoms with Gasteiger partial charge in [0.05, 0.1) is 0 Å². The van der Waals surface area contributed by atoms with E-state index in [1.54, 1.807) is 0 Å². The van der Waals surface area contributed by atoms with E-state index in [-0.39, 0.29) is 0 Å². The van der Waals surface area contributed by atoms with Crippen molar-refractivity contribution in [2.24, 2.45) is 11.8 Å². The molecule has 12 heavy (non-hydrogen) atoms. The summed E-state index contributed by atoms with van der Waals surface area (Å²) in [5, 5.41) is 6.21. The lowest BCUT2D eigenvalue weighted by Crippen LogP contribution is -2.16. The first kappa shape index (κ1) is 10.0. The predicted octanol–water partition coefficient (Wildman–Crippen LogP) is 1.23. The summed E-state index contributed by atoms with van der Waals surface area (Å²) < 4.78 is 0. The summed E-state index contributed by atoms with van der Waals surface area (Å²) in [5.74, 6) is 2.11. The molecule has 0 radical (unpaired) electrons. The third kappa shape index (κ3) is 2.76. The topological polar surface area (TPSA) is 24.1 Å². The number of fused-ring (bicyclic) bond motifs is 1. The van der Waals surface area contributed by atoms with E-state index in [1.807, 2.05) is 14.1 Å². The molecule has 0 aromatic carbocycles. The fourth-order valence-electron chi connectivity index (χ4n) is 2.28. The van der Waals surface area contributed by atoms with Crippen molar-refractivity contribution in [3.05, 3.63) is 0 Å². The summed E-state index contributed by atoms with van der Waals surface area (Å²) in [6, 6.07) is 0. The lowest BCUT2D eigenvalue weighted by atomic mass is 9.82. The van der Waals surface area contributed by atoms with Crippen LogP contribution < -0.4 is 10.6 Å². The van der Waals surface area contributed by atoms with Crippen LogP contribution in [0.15, 0.2) is 0 Å². The van der Waals surface area contributed by atoms with Gasteiger partial charge < -0.3 is 10.6 Å². The monoisotopic (exact) mass is 170 g/mol. The largest absolute Gasteiger partial charge is 0.323 e. The van der Waals surface area contributed by atoms with Crippen LogP contribution >= 0.6 is 0 Å². The number of hydrogen-bond donors (Lipinski definition) is 2. The van der Waals surface area contributed by atoms with Crippen molar-refractivity contribution in [1.29, 1.82) is 0 Å². The molecular weight excluding hydrogens is 148 g/mol. The third-order valence-electron chi connectivity index (χ3n) is 2.88. The van der Waals surface area contributed by atoms with Crippen LogP contribution in [0.1, 0.15) is 25.7 Å². The third-order valence-corrected chi connectivity index (χ3v) is 2.88. The summed E-state index contributed by atoms with van der Waals surface area (Å²) in [6.07, 6.45) is 5.97. The molecule has 0 aromatic rings. The first-order chi connectivity index (χ1) is 5.88. The number of hydrogen-bond acceptors (Lipinski definition) is 2. The van der Waals surface area contributed by atoms with E-state index in [0.29, 0.717) is 0 Å². The molecule has 1 aliphatic heterocycles. The zero-order valence-corrected chi connectivity index (χ0v) is 8.40. The molecule has 1 saturated heterocycles. The average Bonchev–Trinajstić information content (AvgIpc) is 2.52. The van der Waals surface area contributed by atoms with Gasteiger partial charge in [-0.05, 0) is 51.9 Å². The van der Waals surface area contributed by atoms with Crippen LogP contribution in [0.3, 0.4) is 0 Å². The highest BCUT2D eigenvalue weighted by Gasteiger charge is 2.28. The number of rotatable bonds is 0. The van der Waals surface area contributed by atoms with Crippen LogP contribution in [0.5, 0.6) is 0 Å². The highest BCUT2D eigenvalue weighted by Crippen LogP contribution is 2.31. The molecule has 1 aliphatic carbocycles. The molecule has 0 bridgehead atoms. The van der Waals surface area contributed by atoms with Crippen LogP contribution in [0.4, 0.5) is 0 Å². The molecule has 2 N–H and O–H groups in total. The van der Waals surface area contributed by atoms with Gasteiger partial charge in [0.15, 0.2) is 0 Å². The lowest BCUT2D eigenvalue weighted by Gasteiger charge is -2.23. The van der Waals surface area contributed by atoms with Crippen molar-refractivity contribution in [3.63, 3.8) is 0 Å². The molecule has 2 unspecified atom stereocenters. The summed E-state index contributed by atoms with van der Waals surface area (Å²) in [5.41, 5.74) is 0. The molecule has 2 rings (SSSR count). The minimum Gasteiger partial charge on any atom is -0.323 e. The molecule has 72 valence electrons. The Balaban J connectivity index is 0.000000213. The van der Waals surface area contributed by atoms with Gasteiger partial charge in [-0.2, -0.15) is 0 Å². The molecule has 2 heteroatoms. The van der Waals surface area contributed by atoms with Gasteiger partial charge in [-0.3, -0.25) is 0 Å². The molecule has 1 heterocycles. The summed E-state index contributed by atoms with van der Waals surface area (Å²) in [6.45, 7) is 2.62. The van der Waals surface area contributed by atoms with E-state index >= 15 is 0 Å². The second kappa shape index (κ2) is 5.55. The maximum absolute atomic E-state index is 3.46. The summed E-state index contributed by atoms with van der Waals surface area (Å²) in [4.78, 5) is 0. The SMILES string of the molecule is C1CCC2CNCC2C1.CNC. The van der Waals surface area contributed by atoms with Gasteiger partial charge >= 0.3 is 0 Å². The van der Waals surface area contributed by atoms with E-state index in [0.717, 1.165) is 11.8 Å². The van der Waals surface area contributed by atoms with Crippen LogP contribution in [-0.4, -0.2) is 27.2 Å². The van der Waals surface area contributed by atoms with E-state index < -0.39 is 0 Å². The van der Waals surface area contributed by atoms with Crippen LogP contribution in [-0.2, 0) is 0 Å². The maximum Gasteiger partial charge on any atom is -0.00173 e. The van der Waals surface area contributed by atoms with Gasteiger partial charge in [-0.15, -0.1) is 0 Å². The van der Waals surface area contributed by atoms with Crippen molar-refractivity contribution >= 4 is 0 Å². The Labute approximate surface area is 76.1 Å². The quantitative estimate of drug-likeness (QED) is 0.571. The van der Waals surface area contributed by atoms with E-state index in [4.69, 9.17) is 0 Å². The lowest BCUT2D eigenvalue weighted by molar-refractivity contribution is 0.299. The zero-order chi connectivity index (χ0) is 8.81. The second-order valence-electron chi connectivity index (χ2n) is 3.96. The van der Waals surface area contributed by atoms with Crippen molar-refractivity contribution in [3.8, 4) is 0 Å². The Morgan fingerprint density at radius 3 is 1.83 bits per heavy atom. The minimum absolute atomic E-state index is 1.05. The standard InChI is InChI=1S/C8H15N.C2H7N/c1-2-4-8-6-9-5-7(8)3-1;1-3-2/h7-9H,1-6H2;3H,1-2H3. The summed E-state index contributed by atoms with van der Waals surface area (Å²) >= 11 is 0. The van der Waals surface area contributed by atoms with Gasteiger partial charge in [-0.1, -0.05) is 12.8 Å². The Kier molecular flexibility index (Phi) is 4.62. The molecule has 0 aromatic heterocycles. The van der Waals surface area contributed by atoms with Crippen molar-refractivity contribution in [2.45, 2.75) is 25.7 Å². The van der Waals surface area contributed by atoms with E-state index in [9.17, 15) is 0 Å². The molecule has 2 nitrogen and oxygen atoms in total. The zero-order valence-electron chi connectivity index (χ0n) is 8.40. The Morgan fingerprint density at radius 1 is 1.00 bits per heavy atom. The van der Waals surface area contributed by atoms with Gasteiger partial charge in [0, 0.05) is 0 Å². The van der Waals surface area contributed by atoms with Crippen LogP contribution in [0.25, 0.3) is 0 Å². The van der Waals surface area contributed by atoms with Crippen LogP contribution in [0, 0.1) is 11.8 Å². The fourth-order valence-corrected chi connectivity index (χ4v) is 2.28. The fraction of sp³-hybridized carbons (Fsp3) is 1.00. The van der Waals surface area contributed by atoms with Crippen molar-refractivity contribution in [2.75, 3.05) is 27.2 Å². The van der Waals surface area contributed by atoms with Gasteiger partial charge in [-0.25, -0.2) is 0 Å². The van der Waals surface area contributed by atoms with Crippen LogP contribution in [0.2, 0.25) is 0 Å². The predicted molar refractivity (Wildman–Crippen MR) is 53.3 cm³/mol. The molecule has 2 fully saturated rings. The average molecular weight is 170 g/mol. The highest BCUT2D eigenvalue weighted by atomic mass is 14.9. The second-order valence-corrected chi connectivity index (χ2v) is 3.96. The number of nitrogens with one attached hydrogen (secondary N) is 2. The van der Waals surface area contributed by atoms with Gasteiger partial charge in [0.2, 0.25) is 0 Å². The molecular formula is C10H22N2. The van der Waals surface area contributed by atoms with E-state index in [2.05, 4.69) is 10.6 Å². The van der Waals surface area contributed by atoms with Crippen molar-refractivity contribution in [1.82, 2.24) is 10.6 Å². The highest BCUT2D eigenvalue weighted by molar-refractivity contribution is 4.83. The normalized spacial score (nSPS) is 33.5. The van der Waals surface area contributed by atoms with Gasteiger partial charge in [0.25, 0.3) is 0 Å². The maximum atomic E-state index is 3.46.